The molecule has 7 heteroatoms. The summed E-state index contributed by atoms with van der Waals surface area (Å²) in [4.78, 5) is 31.2. The first-order valence-corrected chi connectivity index (χ1v) is 11.0. The number of rotatable bonds is 7. The van der Waals surface area contributed by atoms with E-state index in [4.69, 9.17) is 4.74 Å². The third kappa shape index (κ3) is 7.00. The van der Waals surface area contributed by atoms with Gasteiger partial charge < -0.3 is 15.0 Å². The number of halogens is 1. The lowest BCUT2D eigenvalue weighted by Crippen LogP contribution is -2.42. The fourth-order valence-electron chi connectivity index (χ4n) is 3.57. The van der Waals surface area contributed by atoms with Crippen molar-refractivity contribution in [3.8, 4) is 0 Å². The Morgan fingerprint density at radius 2 is 1.82 bits per heavy atom. The Labute approximate surface area is 193 Å². The normalized spacial score (nSPS) is 12.3. The minimum absolute atomic E-state index is 0.0915. The van der Waals surface area contributed by atoms with E-state index in [9.17, 15) is 14.0 Å². The van der Waals surface area contributed by atoms with Gasteiger partial charge in [0.1, 0.15) is 11.4 Å². The number of carbonyl (C=O) groups is 2. The van der Waals surface area contributed by atoms with Crippen molar-refractivity contribution < 1.29 is 18.7 Å². The molecule has 0 saturated heterocycles. The van der Waals surface area contributed by atoms with Crippen LogP contribution in [0.4, 0.5) is 9.18 Å². The molecule has 0 aliphatic carbocycles. The molecule has 1 aromatic heterocycles. The molecule has 0 saturated carbocycles. The zero-order valence-corrected chi connectivity index (χ0v) is 19.5. The van der Waals surface area contributed by atoms with Crippen LogP contribution >= 0.6 is 0 Å². The molecule has 33 heavy (non-hydrogen) atoms. The van der Waals surface area contributed by atoms with Crippen LogP contribution in [0.5, 0.6) is 0 Å². The van der Waals surface area contributed by atoms with Crippen molar-refractivity contribution in [1.29, 1.82) is 0 Å². The average molecular weight is 452 g/mol. The van der Waals surface area contributed by atoms with Crippen LogP contribution in [0.1, 0.15) is 44.9 Å². The van der Waals surface area contributed by atoms with Crippen LogP contribution in [0.25, 0.3) is 10.8 Å². The van der Waals surface area contributed by atoms with E-state index in [2.05, 4.69) is 10.3 Å². The molecule has 0 spiro atoms. The van der Waals surface area contributed by atoms with Gasteiger partial charge in [-0.2, -0.15) is 0 Å². The van der Waals surface area contributed by atoms with Crippen LogP contribution < -0.4 is 5.32 Å². The number of nitrogens with zero attached hydrogens (tertiary/aromatic N) is 2. The van der Waals surface area contributed by atoms with Crippen LogP contribution in [0.15, 0.2) is 60.9 Å². The van der Waals surface area contributed by atoms with Crippen LogP contribution in [-0.2, 0) is 16.0 Å². The second-order valence-electron chi connectivity index (χ2n) is 8.98. The molecule has 1 atom stereocenters. The summed E-state index contributed by atoms with van der Waals surface area (Å²) >= 11 is 0. The Hall–Kier alpha value is -3.48. The Bertz CT molecular complexity index is 1110. The Balaban J connectivity index is 1.74. The molecule has 1 heterocycles. The lowest BCUT2D eigenvalue weighted by Gasteiger charge is -2.30. The summed E-state index contributed by atoms with van der Waals surface area (Å²) in [5, 5.41) is 4.73. The molecular weight excluding hydrogens is 421 g/mol. The van der Waals surface area contributed by atoms with Crippen LogP contribution in [0, 0.1) is 5.82 Å². The van der Waals surface area contributed by atoms with Gasteiger partial charge in [-0.25, -0.2) is 9.18 Å². The van der Waals surface area contributed by atoms with E-state index in [0.29, 0.717) is 0 Å². The van der Waals surface area contributed by atoms with Gasteiger partial charge in [-0.1, -0.05) is 30.3 Å². The van der Waals surface area contributed by atoms with E-state index in [1.165, 1.54) is 12.1 Å². The molecular formula is C26H30FN3O3. The van der Waals surface area contributed by atoms with Gasteiger partial charge in [0.2, 0.25) is 5.91 Å². The van der Waals surface area contributed by atoms with Gasteiger partial charge >= 0.3 is 6.09 Å². The molecule has 0 bridgehead atoms. The van der Waals surface area contributed by atoms with E-state index in [-0.39, 0.29) is 37.3 Å². The van der Waals surface area contributed by atoms with Gasteiger partial charge in [-0.15, -0.1) is 0 Å². The van der Waals surface area contributed by atoms with Crippen molar-refractivity contribution in [3.05, 3.63) is 77.9 Å². The highest BCUT2D eigenvalue weighted by molar-refractivity contribution is 5.85. The standard InChI is InChI=1S/C26H30FN3O3/c1-18(20-7-9-23(27)10-8-20)30(14-13-29-25(32)33-26(2,3)4)24(31)16-19-5-6-22-17-28-12-11-21(22)15-19/h5-12,15,17-18H,13-14,16H2,1-4H3,(H,29,32). The Morgan fingerprint density at radius 1 is 1.09 bits per heavy atom. The number of amides is 2. The molecule has 0 radical (unpaired) electrons. The van der Waals surface area contributed by atoms with Crippen molar-refractivity contribution in [2.24, 2.45) is 0 Å². The molecule has 0 aliphatic heterocycles. The molecule has 0 aliphatic rings. The first kappa shape index (κ1) is 24.2. The van der Waals surface area contributed by atoms with Gasteiger partial charge in [0.05, 0.1) is 12.5 Å². The van der Waals surface area contributed by atoms with Crippen LogP contribution in [0.2, 0.25) is 0 Å². The number of benzene rings is 2. The van der Waals surface area contributed by atoms with E-state index in [0.717, 1.165) is 21.9 Å². The van der Waals surface area contributed by atoms with Gasteiger partial charge in [0, 0.05) is 30.9 Å². The fourth-order valence-corrected chi connectivity index (χ4v) is 3.57. The molecule has 1 unspecified atom stereocenters. The lowest BCUT2D eigenvalue weighted by atomic mass is 10.0. The maximum atomic E-state index is 13.4. The van der Waals surface area contributed by atoms with Crippen molar-refractivity contribution >= 4 is 22.8 Å². The van der Waals surface area contributed by atoms with Crippen LogP contribution in [0.3, 0.4) is 0 Å². The highest BCUT2D eigenvalue weighted by atomic mass is 19.1. The minimum atomic E-state index is -0.605. The minimum Gasteiger partial charge on any atom is -0.444 e. The molecule has 174 valence electrons. The summed E-state index contributed by atoms with van der Waals surface area (Å²) in [6.07, 6.45) is 3.18. The molecule has 3 aromatic rings. The van der Waals surface area contributed by atoms with E-state index >= 15 is 0 Å². The number of hydrogen-bond donors (Lipinski definition) is 1. The molecule has 0 fully saturated rings. The van der Waals surface area contributed by atoms with E-state index in [1.54, 1.807) is 50.2 Å². The Morgan fingerprint density at radius 3 is 2.52 bits per heavy atom. The SMILES string of the molecule is CC(c1ccc(F)cc1)N(CCNC(=O)OC(C)(C)C)C(=O)Cc1ccc2cnccc2c1. The summed E-state index contributed by atoms with van der Waals surface area (Å²) in [6.45, 7) is 7.78. The first-order valence-electron chi connectivity index (χ1n) is 11.0. The van der Waals surface area contributed by atoms with Crippen molar-refractivity contribution in [2.75, 3.05) is 13.1 Å². The highest BCUT2D eigenvalue weighted by Gasteiger charge is 2.23. The van der Waals surface area contributed by atoms with Crippen molar-refractivity contribution in [2.45, 2.75) is 45.8 Å². The highest BCUT2D eigenvalue weighted by Crippen LogP contribution is 2.22. The maximum absolute atomic E-state index is 13.4. The summed E-state index contributed by atoms with van der Waals surface area (Å²) in [7, 11) is 0. The number of ether oxygens (including phenoxy) is 1. The summed E-state index contributed by atoms with van der Waals surface area (Å²) in [5.41, 5.74) is 1.09. The third-order valence-corrected chi connectivity index (χ3v) is 5.22. The predicted octanol–water partition coefficient (Wildman–Crippen LogP) is 5.03. The summed E-state index contributed by atoms with van der Waals surface area (Å²) in [5.74, 6) is -0.424. The van der Waals surface area contributed by atoms with Gasteiger partial charge in [-0.3, -0.25) is 9.78 Å². The number of pyridine rings is 1. The summed E-state index contributed by atoms with van der Waals surface area (Å²) < 4.78 is 18.7. The number of carbonyl (C=O) groups excluding carboxylic acids is 2. The lowest BCUT2D eigenvalue weighted by molar-refractivity contribution is -0.132. The van der Waals surface area contributed by atoms with Crippen molar-refractivity contribution in [1.82, 2.24) is 15.2 Å². The molecule has 6 nitrogen and oxygen atoms in total. The second kappa shape index (κ2) is 10.4. The topological polar surface area (TPSA) is 71.5 Å². The first-order chi connectivity index (χ1) is 15.6. The monoisotopic (exact) mass is 451 g/mol. The van der Waals surface area contributed by atoms with Crippen molar-refractivity contribution in [3.63, 3.8) is 0 Å². The fraction of sp³-hybridized carbons (Fsp3) is 0.346. The van der Waals surface area contributed by atoms with Gasteiger partial charge in [0.15, 0.2) is 0 Å². The largest absolute Gasteiger partial charge is 0.444 e. The molecule has 3 rings (SSSR count). The molecule has 1 N–H and O–H groups in total. The average Bonchev–Trinajstić information content (AvgIpc) is 2.75. The second-order valence-corrected chi connectivity index (χ2v) is 8.98. The van der Waals surface area contributed by atoms with Gasteiger partial charge in [-0.05, 0) is 62.4 Å². The number of aromatic nitrogens is 1. The third-order valence-electron chi connectivity index (χ3n) is 5.22. The predicted molar refractivity (Wildman–Crippen MR) is 126 cm³/mol. The number of alkyl carbamates (subject to hydrolysis) is 1. The van der Waals surface area contributed by atoms with E-state index in [1.807, 2.05) is 31.2 Å². The number of nitrogens with one attached hydrogen (secondary N) is 1. The smallest absolute Gasteiger partial charge is 0.407 e. The van der Waals surface area contributed by atoms with E-state index < -0.39 is 11.7 Å². The zero-order valence-electron chi connectivity index (χ0n) is 19.5. The molecule has 2 amide bonds. The summed E-state index contributed by atoms with van der Waals surface area (Å²) in [6, 6.07) is 13.6. The quantitative estimate of drug-likeness (QED) is 0.547. The van der Waals surface area contributed by atoms with Crippen LogP contribution in [-0.4, -0.2) is 40.6 Å². The maximum Gasteiger partial charge on any atom is 0.407 e. The number of fused-ring (bicyclic) bond motifs is 1. The Kier molecular flexibility index (Phi) is 7.63. The van der Waals surface area contributed by atoms with Gasteiger partial charge in [0.25, 0.3) is 0 Å². The molecule has 2 aromatic carbocycles. The zero-order chi connectivity index (χ0) is 24.0. The number of hydrogen-bond acceptors (Lipinski definition) is 4.